The van der Waals surface area contributed by atoms with E-state index in [9.17, 15) is 10.2 Å². The van der Waals surface area contributed by atoms with Crippen LogP contribution in [0, 0.1) is 0 Å². The minimum Gasteiger partial charge on any atom is -0.508 e. The molecule has 0 amide bonds. The zero-order chi connectivity index (χ0) is 10.3. The molecule has 1 fully saturated rings. The number of hydrogen-bond acceptors (Lipinski definition) is 2. The van der Waals surface area contributed by atoms with Gasteiger partial charge in [0.25, 0.3) is 0 Å². The fourth-order valence-corrected chi connectivity index (χ4v) is 2.77. The first-order valence-electron chi connectivity index (χ1n) is 4.74. The third kappa shape index (κ3) is 1.35. The summed E-state index contributed by atoms with van der Waals surface area (Å²) < 4.78 is 0.885. The van der Waals surface area contributed by atoms with Crippen LogP contribution in [0.5, 0.6) is 5.75 Å². The van der Waals surface area contributed by atoms with Crippen molar-refractivity contribution in [3.05, 3.63) is 28.2 Å². The third-order valence-electron chi connectivity index (χ3n) is 3.08. The number of aliphatic hydroxyl groups excluding tert-OH is 1. The molecule has 2 nitrogen and oxygen atoms in total. The lowest BCUT2D eigenvalue weighted by atomic mass is 9.90. The predicted molar refractivity (Wildman–Crippen MR) is 58.4 cm³/mol. The van der Waals surface area contributed by atoms with Crippen molar-refractivity contribution in [2.75, 3.05) is 0 Å². The molecule has 1 aliphatic rings. The fourth-order valence-electron chi connectivity index (χ4n) is 2.02. The van der Waals surface area contributed by atoms with Crippen molar-refractivity contribution in [2.45, 2.75) is 31.3 Å². The van der Waals surface area contributed by atoms with E-state index in [0.717, 1.165) is 22.9 Å². The first-order valence-corrected chi connectivity index (χ1v) is 5.53. The maximum Gasteiger partial charge on any atom is 0.120 e. The second-order valence-electron chi connectivity index (χ2n) is 3.97. The van der Waals surface area contributed by atoms with Crippen LogP contribution in [0.2, 0.25) is 0 Å². The van der Waals surface area contributed by atoms with Gasteiger partial charge in [0.05, 0.1) is 6.10 Å². The van der Waals surface area contributed by atoms with Gasteiger partial charge in [0.2, 0.25) is 0 Å². The van der Waals surface area contributed by atoms with E-state index < -0.39 is 6.10 Å². The topological polar surface area (TPSA) is 40.5 Å². The predicted octanol–water partition coefficient (Wildman–Crippen LogP) is 2.57. The largest absolute Gasteiger partial charge is 0.508 e. The summed E-state index contributed by atoms with van der Waals surface area (Å²) in [5, 5.41) is 19.5. The van der Waals surface area contributed by atoms with E-state index in [1.807, 2.05) is 6.07 Å². The highest BCUT2D eigenvalue weighted by molar-refractivity contribution is 9.10. The highest BCUT2D eigenvalue weighted by Crippen LogP contribution is 2.55. The van der Waals surface area contributed by atoms with Crippen LogP contribution in [0.1, 0.15) is 25.3 Å². The van der Waals surface area contributed by atoms with Gasteiger partial charge in [0.1, 0.15) is 5.75 Å². The Morgan fingerprint density at radius 3 is 2.50 bits per heavy atom. The number of hydrogen-bond donors (Lipinski definition) is 2. The molecule has 76 valence electrons. The van der Waals surface area contributed by atoms with Crippen molar-refractivity contribution in [1.29, 1.82) is 0 Å². The number of aliphatic hydroxyl groups is 1. The normalized spacial score (nSPS) is 20.5. The molecule has 2 rings (SSSR count). The Hall–Kier alpha value is -0.540. The van der Waals surface area contributed by atoms with Crippen molar-refractivity contribution in [3.63, 3.8) is 0 Å². The first-order chi connectivity index (χ1) is 6.58. The van der Waals surface area contributed by atoms with Crippen molar-refractivity contribution < 1.29 is 10.2 Å². The summed E-state index contributed by atoms with van der Waals surface area (Å²) in [7, 11) is 0. The second kappa shape index (κ2) is 3.24. The lowest BCUT2D eigenvalue weighted by molar-refractivity contribution is 0.149. The minimum absolute atomic E-state index is 0.218. The molecule has 0 radical (unpaired) electrons. The molecule has 1 atom stereocenters. The van der Waals surface area contributed by atoms with Crippen LogP contribution < -0.4 is 0 Å². The lowest BCUT2D eigenvalue weighted by Gasteiger charge is -2.21. The molecule has 0 aliphatic heterocycles. The Morgan fingerprint density at radius 2 is 2.07 bits per heavy atom. The van der Waals surface area contributed by atoms with Crippen LogP contribution in [0.4, 0.5) is 0 Å². The lowest BCUT2D eigenvalue weighted by Crippen LogP contribution is -2.23. The van der Waals surface area contributed by atoms with Gasteiger partial charge in [0.15, 0.2) is 0 Å². The molecule has 1 saturated carbocycles. The first kappa shape index (κ1) is 9.99. The minimum atomic E-state index is -0.410. The van der Waals surface area contributed by atoms with Gasteiger partial charge in [-0.1, -0.05) is 22.0 Å². The molecule has 0 bridgehead atoms. The number of benzene rings is 1. The van der Waals surface area contributed by atoms with Gasteiger partial charge < -0.3 is 10.2 Å². The number of rotatable bonds is 2. The van der Waals surface area contributed by atoms with Crippen LogP contribution in [0.15, 0.2) is 22.7 Å². The molecule has 0 heterocycles. The smallest absolute Gasteiger partial charge is 0.120 e. The van der Waals surface area contributed by atoms with E-state index >= 15 is 0 Å². The van der Waals surface area contributed by atoms with E-state index in [4.69, 9.17) is 0 Å². The zero-order valence-corrected chi connectivity index (χ0v) is 9.58. The Balaban J connectivity index is 2.51. The van der Waals surface area contributed by atoms with Crippen molar-refractivity contribution in [3.8, 4) is 5.75 Å². The van der Waals surface area contributed by atoms with E-state index in [2.05, 4.69) is 15.9 Å². The molecular formula is C11H13BrO2. The number of halogens is 1. The van der Waals surface area contributed by atoms with E-state index in [1.165, 1.54) is 0 Å². The molecule has 1 aliphatic carbocycles. The van der Waals surface area contributed by atoms with Gasteiger partial charge in [-0.05, 0) is 31.9 Å². The van der Waals surface area contributed by atoms with E-state index in [1.54, 1.807) is 19.1 Å². The van der Waals surface area contributed by atoms with Gasteiger partial charge in [-0.25, -0.2) is 0 Å². The summed E-state index contributed by atoms with van der Waals surface area (Å²) in [5.41, 5.74) is 0.638. The molecular weight excluding hydrogens is 244 g/mol. The summed E-state index contributed by atoms with van der Waals surface area (Å²) in [5.74, 6) is 0.276. The number of phenols is 1. The Labute approximate surface area is 91.7 Å². The average Bonchev–Trinajstić information content (AvgIpc) is 2.85. The highest BCUT2D eigenvalue weighted by atomic mass is 79.9. The SMILES string of the molecule is CC(O)C1(c2c(O)cccc2Br)CC1. The molecule has 0 aromatic heterocycles. The van der Waals surface area contributed by atoms with Gasteiger partial charge >= 0.3 is 0 Å². The summed E-state index contributed by atoms with van der Waals surface area (Å²) in [4.78, 5) is 0. The third-order valence-corrected chi connectivity index (χ3v) is 3.74. The van der Waals surface area contributed by atoms with Crippen molar-refractivity contribution in [1.82, 2.24) is 0 Å². The Kier molecular flexibility index (Phi) is 2.32. The fraction of sp³-hybridized carbons (Fsp3) is 0.455. The summed E-state index contributed by atoms with van der Waals surface area (Å²) in [6.45, 7) is 1.78. The van der Waals surface area contributed by atoms with Crippen LogP contribution in [-0.4, -0.2) is 16.3 Å². The zero-order valence-electron chi connectivity index (χ0n) is 8.00. The Morgan fingerprint density at radius 1 is 1.43 bits per heavy atom. The summed E-state index contributed by atoms with van der Waals surface area (Å²) in [6, 6.07) is 5.36. The molecule has 1 aromatic rings. The standard InChI is InChI=1S/C11H13BrO2/c1-7(13)11(5-6-11)10-8(12)3-2-4-9(10)14/h2-4,7,13-14H,5-6H2,1H3. The van der Waals surface area contributed by atoms with Crippen LogP contribution in [0.3, 0.4) is 0 Å². The van der Waals surface area contributed by atoms with Gasteiger partial charge in [-0.15, -0.1) is 0 Å². The van der Waals surface area contributed by atoms with Crippen LogP contribution in [0.25, 0.3) is 0 Å². The number of phenolic OH excluding ortho intramolecular Hbond substituents is 1. The van der Waals surface area contributed by atoms with Gasteiger partial charge in [0, 0.05) is 15.5 Å². The molecule has 3 heteroatoms. The van der Waals surface area contributed by atoms with Crippen LogP contribution in [-0.2, 0) is 5.41 Å². The van der Waals surface area contributed by atoms with E-state index in [-0.39, 0.29) is 11.2 Å². The average molecular weight is 257 g/mol. The maximum atomic E-state index is 9.77. The van der Waals surface area contributed by atoms with Gasteiger partial charge in [-0.2, -0.15) is 0 Å². The maximum absolute atomic E-state index is 9.77. The van der Waals surface area contributed by atoms with Crippen molar-refractivity contribution in [2.24, 2.45) is 0 Å². The molecule has 0 spiro atoms. The molecule has 2 N–H and O–H groups in total. The van der Waals surface area contributed by atoms with E-state index in [0.29, 0.717) is 0 Å². The molecule has 14 heavy (non-hydrogen) atoms. The Bertz CT molecular complexity index is 336. The summed E-state index contributed by atoms with van der Waals surface area (Å²) >= 11 is 3.42. The summed E-state index contributed by atoms with van der Waals surface area (Å²) in [6.07, 6.45) is 1.48. The molecule has 1 unspecified atom stereocenters. The quantitative estimate of drug-likeness (QED) is 0.854. The monoisotopic (exact) mass is 256 g/mol. The number of aromatic hydroxyl groups is 1. The van der Waals surface area contributed by atoms with Crippen molar-refractivity contribution >= 4 is 15.9 Å². The highest BCUT2D eigenvalue weighted by Gasteiger charge is 2.50. The van der Waals surface area contributed by atoms with Gasteiger partial charge in [-0.3, -0.25) is 0 Å². The molecule has 0 saturated heterocycles. The van der Waals surface area contributed by atoms with Crippen LogP contribution >= 0.6 is 15.9 Å². The molecule has 1 aromatic carbocycles. The second-order valence-corrected chi connectivity index (χ2v) is 4.82.